The van der Waals surface area contributed by atoms with E-state index in [0.29, 0.717) is 30.8 Å². The summed E-state index contributed by atoms with van der Waals surface area (Å²) in [7, 11) is 0. The molecule has 2 amide bonds. The third-order valence-corrected chi connectivity index (χ3v) is 4.79. The van der Waals surface area contributed by atoms with Crippen LogP contribution >= 0.6 is 11.6 Å². The second-order valence-electron chi connectivity index (χ2n) is 6.78. The minimum Gasteiger partial charge on any atom is -0.326 e. The number of amides is 2. The van der Waals surface area contributed by atoms with Crippen LogP contribution in [0.25, 0.3) is 0 Å². The van der Waals surface area contributed by atoms with Gasteiger partial charge in [-0.2, -0.15) is 0 Å². The van der Waals surface area contributed by atoms with Crippen LogP contribution in [0.1, 0.15) is 35.3 Å². The molecule has 0 saturated carbocycles. The number of rotatable bonds is 4. The van der Waals surface area contributed by atoms with E-state index in [9.17, 15) is 14.0 Å². The summed E-state index contributed by atoms with van der Waals surface area (Å²) in [5.41, 5.74) is 2.26. The Morgan fingerprint density at radius 3 is 2.70 bits per heavy atom. The Bertz CT molecular complexity index is 899. The summed E-state index contributed by atoms with van der Waals surface area (Å²) in [6, 6.07) is 7.99. The Labute approximate surface area is 162 Å². The number of halogens is 2. The van der Waals surface area contributed by atoms with Gasteiger partial charge >= 0.3 is 0 Å². The number of hydrogen-bond acceptors (Lipinski definition) is 3. The van der Waals surface area contributed by atoms with E-state index in [1.807, 2.05) is 0 Å². The van der Waals surface area contributed by atoms with E-state index in [-0.39, 0.29) is 28.1 Å². The Balaban J connectivity index is 1.83. The van der Waals surface area contributed by atoms with Crippen molar-refractivity contribution in [3.8, 4) is 0 Å². The van der Waals surface area contributed by atoms with Crippen LogP contribution in [0.4, 0.5) is 15.8 Å². The highest BCUT2D eigenvalue weighted by atomic mass is 35.5. The van der Waals surface area contributed by atoms with Crippen molar-refractivity contribution < 1.29 is 14.0 Å². The highest BCUT2D eigenvalue weighted by Crippen LogP contribution is 2.27. The monoisotopic (exact) mass is 389 g/mol. The fourth-order valence-corrected chi connectivity index (χ4v) is 3.09. The Morgan fingerprint density at radius 2 is 1.96 bits per heavy atom. The summed E-state index contributed by atoms with van der Waals surface area (Å²) in [5, 5.41) is 8.72. The van der Waals surface area contributed by atoms with Crippen molar-refractivity contribution in [3.05, 3.63) is 57.9 Å². The van der Waals surface area contributed by atoms with E-state index in [4.69, 9.17) is 11.6 Å². The largest absolute Gasteiger partial charge is 0.326 e. The second kappa shape index (κ2) is 8.06. The van der Waals surface area contributed by atoms with Gasteiger partial charge in [-0.25, -0.2) is 4.39 Å². The first-order chi connectivity index (χ1) is 12.9. The van der Waals surface area contributed by atoms with Crippen molar-refractivity contribution in [1.82, 2.24) is 5.32 Å². The molecule has 0 spiro atoms. The van der Waals surface area contributed by atoms with Crippen molar-refractivity contribution >= 4 is 34.8 Å². The Hall–Kier alpha value is -2.44. The zero-order valence-electron chi connectivity index (χ0n) is 15.2. The summed E-state index contributed by atoms with van der Waals surface area (Å²) in [6.07, 6.45) is 0.572. The maximum Gasteiger partial charge on any atom is 0.257 e. The summed E-state index contributed by atoms with van der Waals surface area (Å²) in [5.74, 6) is -1.31. The van der Waals surface area contributed by atoms with Gasteiger partial charge in [0.2, 0.25) is 5.91 Å². The lowest BCUT2D eigenvalue weighted by Crippen LogP contribution is -2.25. The minimum absolute atomic E-state index is 0.119. The average Bonchev–Trinajstić information content (AvgIpc) is 2.65. The molecule has 1 aliphatic heterocycles. The predicted octanol–water partition coefficient (Wildman–Crippen LogP) is 3.97. The molecule has 3 N–H and O–H groups in total. The van der Waals surface area contributed by atoms with Crippen molar-refractivity contribution in [2.75, 3.05) is 17.2 Å². The molecular weight excluding hydrogens is 369 g/mol. The van der Waals surface area contributed by atoms with Crippen molar-refractivity contribution in [1.29, 1.82) is 0 Å². The smallest absolute Gasteiger partial charge is 0.257 e. The first-order valence-electron chi connectivity index (χ1n) is 8.79. The van der Waals surface area contributed by atoms with Gasteiger partial charge in [-0.15, -0.1) is 0 Å². The molecule has 1 aliphatic rings. The molecule has 0 aromatic heterocycles. The standard InChI is InChI=1S/C20H21ClFN3O2/c1-11(2)19(26)24-13-4-5-16(21)15(9-13)20(27)25-17-6-3-12-10-23-8-7-14(12)18(17)22/h3-6,9,11,23H,7-8,10H2,1-2H3,(H,24,26)(H,25,27). The van der Waals surface area contributed by atoms with E-state index in [1.165, 1.54) is 12.1 Å². The molecule has 2 aromatic carbocycles. The highest BCUT2D eigenvalue weighted by Gasteiger charge is 2.19. The van der Waals surface area contributed by atoms with Crippen molar-refractivity contribution in [2.24, 2.45) is 5.92 Å². The number of nitrogens with one attached hydrogen (secondary N) is 3. The zero-order valence-corrected chi connectivity index (χ0v) is 15.9. The lowest BCUT2D eigenvalue weighted by molar-refractivity contribution is -0.118. The first-order valence-corrected chi connectivity index (χ1v) is 9.17. The minimum atomic E-state index is -0.534. The topological polar surface area (TPSA) is 70.2 Å². The molecule has 0 unspecified atom stereocenters. The Morgan fingerprint density at radius 1 is 1.19 bits per heavy atom. The summed E-state index contributed by atoms with van der Waals surface area (Å²) in [6.45, 7) is 4.86. The second-order valence-corrected chi connectivity index (χ2v) is 7.19. The van der Waals surface area contributed by atoms with Crippen molar-refractivity contribution in [3.63, 3.8) is 0 Å². The molecule has 0 bridgehead atoms. The SMILES string of the molecule is CC(C)C(=O)Nc1ccc(Cl)c(C(=O)Nc2ccc3c(c2F)CCNC3)c1. The van der Waals surface area contributed by atoms with E-state index in [0.717, 1.165) is 5.56 Å². The number of carbonyl (C=O) groups excluding carboxylic acids is 2. The molecule has 2 aromatic rings. The fourth-order valence-electron chi connectivity index (χ4n) is 2.88. The van der Waals surface area contributed by atoms with E-state index in [2.05, 4.69) is 16.0 Å². The Kier molecular flexibility index (Phi) is 5.77. The quantitative estimate of drug-likeness (QED) is 0.741. The molecule has 3 rings (SSSR count). The number of carbonyl (C=O) groups is 2. The number of benzene rings is 2. The van der Waals surface area contributed by atoms with Crippen LogP contribution in [0.3, 0.4) is 0 Å². The van der Waals surface area contributed by atoms with Gasteiger partial charge in [-0.05, 0) is 48.4 Å². The molecule has 0 saturated heterocycles. The number of fused-ring (bicyclic) bond motifs is 1. The predicted molar refractivity (Wildman–Crippen MR) is 105 cm³/mol. The maximum absolute atomic E-state index is 14.7. The van der Waals surface area contributed by atoms with Crippen LogP contribution in [-0.2, 0) is 17.8 Å². The molecule has 0 aliphatic carbocycles. The molecule has 142 valence electrons. The average molecular weight is 390 g/mol. The molecule has 0 atom stereocenters. The van der Waals surface area contributed by atoms with Crippen LogP contribution in [-0.4, -0.2) is 18.4 Å². The summed E-state index contributed by atoms with van der Waals surface area (Å²) >= 11 is 6.14. The summed E-state index contributed by atoms with van der Waals surface area (Å²) in [4.78, 5) is 24.5. The third kappa shape index (κ3) is 4.28. The molecule has 0 fully saturated rings. The van der Waals surface area contributed by atoms with Crippen LogP contribution < -0.4 is 16.0 Å². The summed E-state index contributed by atoms with van der Waals surface area (Å²) < 4.78 is 14.7. The number of hydrogen-bond donors (Lipinski definition) is 3. The lowest BCUT2D eigenvalue weighted by Gasteiger charge is -2.19. The van der Waals surface area contributed by atoms with Gasteiger partial charge in [0.25, 0.3) is 5.91 Å². The van der Waals surface area contributed by atoms with Crippen LogP contribution in [0, 0.1) is 11.7 Å². The normalized spacial score (nSPS) is 13.2. The fraction of sp³-hybridized carbons (Fsp3) is 0.300. The van der Waals surface area contributed by atoms with Crippen molar-refractivity contribution in [2.45, 2.75) is 26.8 Å². The lowest BCUT2D eigenvalue weighted by atomic mass is 9.99. The van der Waals surface area contributed by atoms with Gasteiger partial charge in [-0.1, -0.05) is 31.5 Å². The molecule has 27 heavy (non-hydrogen) atoms. The molecule has 1 heterocycles. The van der Waals surface area contributed by atoms with Gasteiger partial charge in [0.1, 0.15) is 5.82 Å². The third-order valence-electron chi connectivity index (χ3n) is 4.46. The van der Waals surface area contributed by atoms with Crippen LogP contribution in [0.5, 0.6) is 0 Å². The maximum atomic E-state index is 14.7. The van der Waals surface area contributed by atoms with Gasteiger partial charge in [0, 0.05) is 18.2 Å². The molecule has 7 heteroatoms. The van der Waals surface area contributed by atoms with Crippen LogP contribution in [0.2, 0.25) is 5.02 Å². The first kappa shape index (κ1) is 19.3. The van der Waals surface area contributed by atoms with E-state index >= 15 is 0 Å². The van der Waals surface area contributed by atoms with Gasteiger partial charge in [0.05, 0.1) is 16.3 Å². The molecular formula is C20H21ClFN3O2. The number of anilines is 2. The van der Waals surface area contributed by atoms with Gasteiger partial charge in [0.15, 0.2) is 0 Å². The molecule has 5 nitrogen and oxygen atoms in total. The highest BCUT2D eigenvalue weighted by molar-refractivity contribution is 6.34. The van der Waals surface area contributed by atoms with Gasteiger partial charge < -0.3 is 16.0 Å². The van der Waals surface area contributed by atoms with Crippen LogP contribution in [0.15, 0.2) is 30.3 Å². The zero-order chi connectivity index (χ0) is 19.6. The molecule has 0 radical (unpaired) electrons. The van der Waals surface area contributed by atoms with E-state index in [1.54, 1.807) is 32.0 Å². The van der Waals surface area contributed by atoms with Gasteiger partial charge in [-0.3, -0.25) is 9.59 Å². The van der Waals surface area contributed by atoms with E-state index < -0.39 is 11.7 Å².